The van der Waals surface area contributed by atoms with Crippen molar-refractivity contribution < 1.29 is 9.90 Å². The molecule has 0 atom stereocenters. The molecule has 0 spiro atoms. The molecule has 92 valence electrons. The predicted octanol–water partition coefficient (Wildman–Crippen LogP) is 3.60. The normalized spacial score (nSPS) is 10.3. The van der Waals surface area contributed by atoms with Gasteiger partial charge in [0.1, 0.15) is 0 Å². The molecular weight excluding hydrogens is 224 g/mol. The molecule has 2 aromatic carbocycles. The van der Waals surface area contributed by atoms with Gasteiger partial charge in [-0.2, -0.15) is 0 Å². The summed E-state index contributed by atoms with van der Waals surface area (Å²) < 4.78 is 0. The van der Waals surface area contributed by atoms with Gasteiger partial charge in [-0.05, 0) is 41.7 Å². The minimum atomic E-state index is -0.800. The number of aliphatic carboxylic acids is 1. The SMILES string of the molecule is Cc1ccc(-c2ccccc2CC(=O)O)cc1C. The molecule has 0 heterocycles. The Morgan fingerprint density at radius 1 is 1.06 bits per heavy atom. The summed E-state index contributed by atoms with van der Waals surface area (Å²) in [5.41, 5.74) is 5.40. The summed E-state index contributed by atoms with van der Waals surface area (Å²) in [4.78, 5) is 10.9. The molecule has 2 aromatic rings. The summed E-state index contributed by atoms with van der Waals surface area (Å²) in [5.74, 6) is -0.800. The van der Waals surface area contributed by atoms with Crippen LogP contribution in [0.5, 0.6) is 0 Å². The maximum absolute atomic E-state index is 10.9. The van der Waals surface area contributed by atoms with Crippen LogP contribution in [0.3, 0.4) is 0 Å². The highest BCUT2D eigenvalue weighted by atomic mass is 16.4. The molecule has 0 saturated heterocycles. The number of hydrogen-bond donors (Lipinski definition) is 1. The zero-order valence-electron chi connectivity index (χ0n) is 10.6. The molecule has 1 N–H and O–H groups in total. The highest BCUT2D eigenvalue weighted by molar-refractivity contribution is 5.76. The molecule has 0 saturated carbocycles. The van der Waals surface area contributed by atoms with Crippen molar-refractivity contribution in [3.05, 3.63) is 59.2 Å². The minimum Gasteiger partial charge on any atom is -0.481 e. The van der Waals surface area contributed by atoms with Gasteiger partial charge in [-0.1, -0.05) is 42.5 Å². The van der Waals surface area contributed by atoms with Crippen molar-refractivity contribution in [2.75, 3.05) is 0 Å². The molecule has 0 bridgehead atoms. The van der Waals surface area contributed by atoms with E-state index in [4.69, 9.17) is 5.11 Å². The van der Waals surface area contributed by atoms with E-state index in [2.05, 4.69) is 26.0 Å². The van der Waals surface area contributed by atoms with Gasteiger partial charge in [-0.25, -0.2) is 0 Å². The topological polar surface area (TPSA) is 37.3 Å². The maximum Gasteiger partial charge on any atom is 0.307 e. The second-order valence-corrected chi connectivity index (χ2v) is 4.53. The predicted molar refractivity (Wildman–Crippen MR) is 72.7 cm³/mol. The van der Waals surface area contributed by atoms with Crippen molar-refractivity contribution in [3.63, 3.8) is 0 Å². The molecule has 0 fully saturated rings. The Balaban J connectivity index is 2.49. The van der Waals surface area contributed by atoms with E-state index >= 15 is 0 Å². The first-order valence-corrected chi connectivity index (χ1v) is 5.95. The van der Waals surface area contributed by atoms with Crippen molar-refractivity contribution in [2.24, 2.45) is 0 Å². The quantitative estimate of drug-likeness (QED) is 0.890. The van der Waals surface area contributed by atoms with Crippen molar-refractivity contribution in [2.45, 2.75) is 20.3 Å². The number of hydrogen-bond acceptors (Lipinski definition) is 1. The lowest BCUT2D eigenvalue weighted by Crippen LogP contribution is -2.01. The summed E-state index contributed by atoms with van der Waals surface area (Å²) in [7, 11) is 0. The van der Waals surface area contributed by atoms with Gasteiger partial charge in [0.25, 0.3) is 0 Å². The molecule has 2 nitrogen and oxygen atoms in total. The summed E-state index contributed by atoms with van der Waals surface area (Å²) in [5, 5.41) is 8.94. The lowest BCUT2D eigenvalue weighted by Gasteiger charge is -2.10. The number of carboxylic acid groups (broad SMARTS) is 1. The summed E-state index contributed by atoms with van der Waals surface area (Å²) in [6, 6.07) is 13.9. The van der Waals surface area contributed by atoms with Crippen LogP contribution in [0, 0.1) is 13.8 Å². The number of carbonyl (C=O) groups is 1. The molecule has 0 amide bonds. The zero-order chi connectivity index (χ0) is 13.1. The van der Waals surface area contributed by atoms with Gasteiger partial charge < -0.3 is 5.11 Å². The Morgan fingerprint density at radius 3 is 2.44 bits per heavy atom. The Hall–Kier alpha value is -2.09. The first-order chi connectivity index (χ1) is 8.58. The number of rotatable bonds is 3. The molecule has 0 radical (unpaired) electrons. The average molecular weight is 240 g/mol. The molecule has 0 aliphatic heterocycles. The third-order valence-corrected chi connectivity index (χ3v) is 3.18. The third-order valence-electron chi connectivity index (χ3n) is 3.18. The molecule has 2 heteroatoms. The highest BCUT2D eigenvalue weighted by Gasteiger charge is 2.08. The van der Waals surface area contributed by atoms with Gasteiger partial charge in [0.2, 0.25) is 0 Å². The number of benzene rings is 2. The molecule has 0 aliphatic carbocycles. The van der Waals surface area contributed by atoms with Gasteiger partial charge in [-0.15, -0.1) is 0 Å². The van der Waals surface area contributed by atoms with Crippen LogP contribution in [0.2, 0.25) is 0 Å². The standard InChI is InChI=1S/C16H16O2/c1-11-7-8-14(9-12(11)2)15-6-4-3-5-13(15)10-16(17)18/h3-9H,10H2,1-2H3,(H,17,18). The molecule has 0 unspecified atom stereocenters. The first-order valence-electron chi connectivity index (χ1n) is 5.95. The average Bonchev–Trinajstić information content (AvgIpc) is 2.33. The molecule has 18 heavy (non-hydrogen) atoms. The van der Waals surface area contributed by atoms with Crippen LogP contribution >= 0.6 is 0 Å². The Labute approximate surface area is 107 Å². The second-order valence-electron chi connectivity index (χ2n) is 4.53. The summed E-state index contributed by atoms with van der Waals surface area (Å²) in [6.45, 7) is 4.14. The minimum absolute atomic E-state index is 0.0586. The van der Waals surface area contributed by atoms with Crippen molar-refractivity contribution in [3.8, 4) is 11.1 Å². The third kappa shape index (κ3) is 2.59. The molecular formula is C16H16O2. The Kier molecular flexibility index (Phi) is 3.47. The van der Waals surface area contributed by atoms with Crippen LogP contribution in [-0.4, -0.2) is 11.1 Å². The van der Waals surface area contributed by atoms with Crippen LogP contribution in [0.1, 0.15) is 16.7 Å². The van der Waals surface area contributed by atoms with Crippen LogP contribution in [0.25, 0.3) is 11.1 Å². The smallest absolute Gasteiger partial charge is 0.307 e. The highest BCUT2D eigenvalue weighted by Crippen LogP contribution is 2.26. The fourth-order valence-corrected chi connectivity index (χ4v) is 2.03. The summed E-state index contributed by atoms with van der Waals surface area (Å²) >= 11 is 0. The van der Waals surface area contributed by atoms with E-state index in [-0.39, 0.29) is 6.42 Å². The first kappa shape index (κ1) is 12.4. The fraction of sp³-hybridized carbons (Fsp3) is 0.188. The number of carboxylic acids is 1. The zero-order valence-corrected chi connectivity index (χ0v) is 10.6. The Bertz CT molecular complexity index is 585. The summed E-state index contributed by atoms with van der Waals surface area (Å²) in [6.07, 6.45) is 0.0586. The lowest BCUT2D eigenvalue weighted by atomic mass is 9.95. The van der Waals surface area contributed by atoms with Crippen molar-refractivity contribution in [1.82, 2.24) is 0 Å². The van der Waals surface area contributed by atoms with E-state index < -0.39 is 5.97 Å². The second kappa shape index (κ2) is 5.05. The number of aryl methyl sites for hydroxylation is 2. The van der Waals surface area contributed by atoms with E-state index in [9.17, 15) is 4.79 Å². The largest absolute Gasteiger partial charge is 0.481 e. The van der Waals surface area contributed by atoms with Gasteiger partial charge in [0.05, 0.1) is 6.42 Å². The lowest BCUT2D eigenvalue weighted by molar-refractivity contribution is -0.136. The van der Waals surface area contributed by atoms with E-state index in [1.165, 1.54) is 11.1 Å². The van der Waals surface area contributed by atoms with E-state index in [0.717, 1.165) is 16.7 Å². The Morgan fingerprint density at radius 2 is 1.78 bits per heavy atom. The monoisotopic (exact) mass is 240 g/mol. The van der Waals surface area contributed by atoms with Gasteiger partial charge in [-0.3, -0.25) is 4.79 Å². The van der Waals surface area contributed by atoms with Crippen LogP contribution < -0.4 is 0 Å². The van der Waals surface area contributed by atoms with E-state index in [1.807, 2.05) is 30.3 Å². The van der Waals surface area contributed by atoms with Crippen LogP contribution in [-0.2, 0) is 11.2 Å². The van der Waals surface area contributed by atoms with Crippen molar-refractivity contribution in [1.29, 1.82) is 0 Å². The van der Waals surface area contributed by atoms with Gasteiger partial charge in [0.15, 0.2) is 0 Å². The van der Waals surface area contributed by atoms with Gasteiger partial charge in [0, 0.05) is 0 Å². The van der Waals surface area contributed by atoms with E-state index in [1.54, 1.807) is 0 Å². The molecule has 0 aromatic heterocycles. The fourth-order valence-electron chi connectivity index (χ4n) is 2.03. The van der Waals surface area contributed by atoms with Crippen LogP contribution in [0.4, 0.5) is 0 Å². The van der Waals surface area contributed by atoms with Crippen molar-refractivity contribution >= 4 is 5.97 Å². The molecule has 2 rings (SSSR count). The molecule has 0 aliphatic rings. The maximum atomic E-state index is 10.9. The van der Waals surface area contributed by atoms with Gasteiger partial charge >= 0.3 is 5.97 Å². The van der Waals surface area contributed by atoms with Crippen LogP contribution in [0.15, 0.2) is 42.5 Å². The van der Waals surface area contributed by atoms with E-state index in [0.29, 0.717) is 0 Å².